The average Bonchev–Trinajstić information content (AvgIpc) is 3.35. The number of aromatic nitrogens is 4. The van der Waals surface area contributed by atoms with Crippen LogP contribution in [0.5, 0.6) is 5.75 Å². The fourth-order valence-corrected chi connectivity index (χ4v) is 5.73. The zero-order chi connectivity index (χ0) is 25.7. The van der Waals surface area contributed by atoms with Gasteiger partial charge in [-0.25, -0.2) is 4.98 Å². The maximum absolute atomic E-state index is 12.6. The molecule has 1 aliphatic carbocycles. The lowest BCUT2D eigenvalue weighted by Gasteiger charge is -2.40. The van der Waals surface area contributed by atoms with Crippen molar-refractivity contribution in [3.05, 3.63) is 54.7 Å². The quantitative estimate of drug-likeness (QED) is 0.311. The Balaban J connectivity index is 1.55. The Morgan fingerprint density at radius 3 is 2.44 bits per heavy atom. The molecule has 2 heterocycles. The number of benzene rings is 2. The Kier molecular flexibility index (Phi) is 5.97. The number of fused-ring (bicyclic) bond motifs is 1. The van der Waals surface area contributed by atoms with Crippen LogP contribution < -0.4 is 10.1 Å². The molecule has 190 valence electrons. The summed E-state index contributed by atoms with van der Waals surface area (Å²) in [6.07, 6.45) is 0.261. The molecule has 0 spiro atoms. The summed E-state index contributed by atoms with van der Waals surface area (Å²) in [7, 11) is 1.91. The number of hydrogen-bond donors (Lipinski definition) is 1. The van der Waals surface area contributed by atoms with Crippen molar-refractivity contribution < 1.29 is 17.9 Å². The second-order valence-electron chi connectivity index (χ2n) is 10.6. The van der Waals surface area contributed by atoms with E-state index in [1.165, 1.54) is 18.6 Å². The molecule has 0 unspecified atom stereocenters. The van der Waals surface area contributed by atoms with Gasteiger partial charge in [-0.05, 0) is 73.1 Å². The van der Waals surface area contributed by atoms with Gasteiger partial charge in [0.2, 0.25) is 5.95 Å². The molecule has 2 aromatic carbocycles. The van der Waals surface area contributed by atoms with E-state index >= 15 is 0 Å². The number of imidazole rings is 1. The Hall–Kier alpha value is -3.49. The minimum absolute atomic E-state index is 0.196. The van der Waals surface area contributed by atoms with Gasteiger partial charge in [-0.2, -0.15) is 5.10 Å². The molecule has 36 heavy (non-hydrogen) atoms. The molecular formula is C27H30F3N5O. The van der Waals surface area contributed by atoms with Crippen LogP contribution >= 0.6 is 0 Å². The van der Waals surface area contributed by atoms with Crippen molar-refractivity contribution in [3.8, 4) is 17.0 Å². The van der Waals surface area contributed by atoms with Crippen molar-refractivity contribution in [1.29, 1.82) is 0 Å². The first-order valence-electron chi connectivity index (χ1n) is 12.1. The lowest BCUT2D eigenvalue weighted by Crippen LogP contribution is -2.29. The topological polar surface area (TPSA) is 56.9 Å². The third-order valence-electron chi connectivity index (χ3n) is 6.88. The molecular weight excluding hydrogens is 467 g/mol. The number of halogens is 3. The van der Waals surface area contributed by atoms with Gasteiger partial charge in [0.25, 0.3) is 0 Å². The van der Waals surface area contributed by atoms with E-state index in [-0.39, 0.29) is 17.2 Å². The van der Waals surface area contributed by atoms with Crippen molar-refractivity contribution in [2.45, 2.75) is 52.4 Å². The van der Waals surface area contributed by atoms with E-state index in [0.717, 1.165) is 35.1 Å². The van der Waals surface area contributed by atoms with E-state index in [1.54, 1.807) is 18.3 Å². The summed E-state index contributed by atoms with van der Waals surface area (Å²) in [5.74, 6) is 0.980. The van der Waals surface area contributed by atoms with Gasteiger partial charge in [-0.3, -0.25) is 4.68 Å². The average molecular weight is 498 g/mol. The number of aryl methyl sites for hydroxylation is 1. The van der Waals surface area contributed by atoms with Gasteiger partial charge in [0, 0.05) is 30.5 Å². The second-order valence-corrected chi connectivity index (χ2v) is 10.6. The third-order valence-corrected chi connectivity index (χ3v) is 6.88. The summed E-state index contributed by atoms with van der Waals surface area (Å²) < 4.78 is 45.8. The lowest BCUT2D eigenvalue weighted by molar-refractivity contribution is -0.274. The molecule has 0 saturated heterocycles. The number of alkyl halides is 3. The van der Waals surface area contributed by atoms with Gasteiger partial charge < -0.3 is 14.6 Å². The largest absolute Gasteiger partial charge is 0.573 e. The predicted molar refractivity (Wildman–Crippen MR) is 134 cm³/mol. The van der Waals surface area contributed by atoms with E-state index in [1.807, 2.05) is 17.8 Å². The lowest BCUT2D eigenvalue weighted by atomic mass is 9.70. The predicted octanol–water partition coefficient (Wildman–Crippen LogP) is 7.47. The van der Waals surface area contributed by atoms with Crippen molar-refractivity contribution in [2.24, 2.45) is 18.4 Å². The molecule has 2 aromatic heterocycles. The second kappa shape index (κ2) is 8.87. The van der Waals surface area contributed by atoms with Gasteiger partial charge in [-0.1, -0.05) is 26.8 Å². The fourth-order valence-electron chi connectivity index (χ4n) is 5.73. The van der Waals surface area contributed by atoms with E-state index in [4.69, 9.17) is 4.98 Å². The number of nitrogens with zero attached hydrogens (tertiary/aromatic N) is 4. The Morgan fingerprint density at radius 1 is 1.06 bits per heavy atom. The highest BCUT2D eigenvalue weighted by atomic mass is 19.4. The Bertz CT molecular complexity index is 1370. The van der Waals surface area contributed by atoms with Gasteiger partial charge >= 0.3 is 6.36 Å². The van der Waals surface area contributed by atoms with Gasteiger partial charge in [-0.15, -0.1) is 13.2 Å². The summed E-state index contributed by atoms with van der Waals surface area (Å²) >= 11 is 0. The monoisotopic (exact) mass is 497 g/mol. The van der Waals surface area contributed by atoms with Crippen molar-refractivity contribution >= 4 is 22.7 Å². The molecule has 0 radical (unpaired) electrons. The van der Waals surface area contributed by atoms with Crippen molar-refractivity contribution in [2.75, 3.05) is 5.32 Å². The summed E-state index contributed by atoms with van der Waals surface area (Å²) in [6, 6.07) is 14.2. The molecule has 1 saturated carbocycles. The smallest absolute Gasteiger partial charge is 0.406 e. The van der Waals surface area contributed by atoms with E-state index in [0.29, 0.717) is 17.6 Å². The van der Waals surface area contributed by atoms with Crippen LogP contribution in [0.15, 0.2) is 54.7 Å². The van der Waals surface area contributed by atoms with Crippen LogP contribution in [-0.2, 0) is 7.05 Å². The summed E-state index contributed by atoms with van der Waals surface area (Å²) in [5.41, 5.74) is 4.72. The van der Waals surface area contributed by atoms with Crippen molar-refractivity contribution in [1.82, 2.24) is 19.3 Å². The zero-order valence-corrected chi connectivity index (χ0v) is 20.8. The van der Waals surface area contributed by atoms with Crippen molar-refractivity contribution in [3.63, 3.8) is 0 Å². The fraction of sp³-hybridized carbons (Fsp3) is 0.407. The van der Waals surface area contributed by atoms with E-state index < -0.39 is 6.36 Å². The maximum Gasteiger partial charge on any atom is 0.573 e. The molecule has 6 nitrogen and oxygen atoms in total. The number of nitrogens with one attached hydrogen (secondary N) is 1. The van der Waals surface area contributed by atoms with Crippen LogP contribution in [0.2, 0.25) is 0 Å². The number of anilines is 2. The zero-order valence-electron chi connectivity index (χ0n) is 20.8. The van der Waals surface area contributed by atoms with Crippen LogP contribution in [0.25, 0.3) is 22.3 Å². The maximum atomic E-state index is 12.6. The normalized spacial score (nSPS) is 20.0. The number of rotatable bonds is 5. The van der Waals surface area contributed by atoms with Crippen LogP contribution in [0.3, 0.4) is 0 Å². The van der Waals surface area contributed by atoms with Crippen LogP contribution in [0, 0.1) is 11.3 Å². The number of ether oxygens (including phenoxy) is 1. The molecule has 0 aliphatic heterocycles. The summed E-state index contributed by atoms with van der Waals surface area (Å²) in [5, 5.41) is 7.63. The highest BCUT2D eigenvalue weighted by molar-refractivity contribution is 5.84. The SMILES string of the molecule is C[C@H]1C[C@@H](n2c(Nc3ccc(OC(F)(F)F)cc3)nc3cc(-c4ccnn4C)ccc32)CC(C)(C)C1. The highest BCUT2D eigenvalue weighted by Crippen LogP contribution is 2.46. The summed E-state index contributed by atoms with van der Waals surface area (Å²) in [6.45, 7) is 6.91. The Morgan fingerprint density at radius 2 is 1.81 bits per heavy atom. The molecule has 2 atom stereocenters. The first-order valence-corrected chi connectivity index (χ1v) is 12.1. The van der Waals surface area contributed by atoms with E-state index in [9.17, 15) is 13.2 Å². The van der Waals surface area contributed by atoms with Gasteiger partial charge in [0.05, 0.1) is 16.7 Å². The van der Waals surface area contributed by atoms with Crippen LogP contribution in [-0.4, -0.2) is 25.7 Å². The summed E-state index contributed by atoms with van der Waals surface area (Å²) in [4.78, 5) is 4.95. The van der Waals surface area contributed by atoms with E-state index in [2.05, 4.69) is 58.7 Å². The standard InChI is InChI=1S/C27H30F3N5O/c1-17-13-20(16-26(2,3)15-17)35-24-10-5-18(23-11-12-31-34(23)4)14-22(24)33-25(35)32-19-6-8-21(9-7-19)36-27(28,29)30/h5-12,14,17,20H,13,15-16H2,1-4H3,(H,32,33)/t17-,20+/m0/s1. The van der Waals surface area contributed by atoms with Gasteiger partial charge in [0.15, 0.2) is 0 Å². The first kappa shape index (κ1) is 24.2. The molecule has 5 rings (SSSR count). The third kappa shape index (κ3) is 5.05. The molecule has 0 amide bonds. The number of hydrogen-bond acceptors (Lipinski definition) is 4. The molecule has 9 heteroatoms. The molecule has 4 aromatic rings. The highest BCUT2D eigenvalue weighted by Gasteiger charge is 2.35. The first-order chi connectivity index (χ1) is 17.0. The molecule has 1 aliphatic rings. The molecule has 0 bridgehead atoms. The Labute approximate surface area is 208 Å². The molecule has 1 fully saturated rings. The minimum Gasteiger partial charge on any atom is -0.406 e. The molecule has 1 N–H and O–H groups in total. The minimum atomic E-state index is -4.72. The van der Waals surface area contributed by atoms with Crippen LogP contribution in [0.1, 0.15) is 46.1 Å². The van der Waals surface area contributed by atoms with Gasteiger partial charge in [0.1, 0.15) is 5.75 Å². The van der Waals surface area contributed by atoms with Crippen LogP contribution in [0.4, 0.5) is 24.8 Å².